The molecule has 0 bridgehead atoms. The minimum absolute atomic E-state index is 0.216. The van der Waals surface area contributed by atoms with Crippen LogP contribution in [0.1, 0.15) is 38.7 Å². The van der Waals surface area contributed by atoms with Crippen molar-refractivity contribution in [1.29, 1.82) is 0 Å². The molecule has 0 spiro atoms. The van der Waals surface area contributed by atoms with E-state index in [1.54, 1.807) is 11.8 Å². The lowest BCUT2D eigenvalue weighted by Gasteiger charge is -2.34. The second-order valence-corrected chi connectivity index (χ2v) is 13.8. The third-order valence-corrected chi connectivity index (χ3v) is 6.70. The van der Waals surface area contributed by atoms with Crippen molar-refractivity contribution in [2.45, 2.75) is 52.8 Å². The van der Waals surface area contributed by atoms with E-state index >= 15 is 0 Å². The number of hydrogen-bond acceptors (Lipinski definition) is 0. The van der Waals surface area contributed by atoms with Crippen LogP contribution < -0.4 is 0 Å². The minimum atomic E-state index is -1.14. The van der Waals surface area contributed by atoms with Crippen molar-refractivity contribution in [3.63, 3.8) is 0 Å². The van der Waals surface area contributed by atoms with Gasteiger partial charge in [-0.3, -0.25) is 0 Å². The van der Waals surface area contributed by atoms with E-state index in [4.69, 9.17) is 0 Å². The molecule has 2 atom stereocenters. The van der Waals surface area contributed by atoms with Crippen LogP contribution in [0.25, 0.3) is 0 Å². The summed E-state index contributed by atoms with van der Waals surface area (Å²) in [4.78, 5) is 0. The first-order valence-electron chi connectivity index (χ1n) is 8.80. The Labute approximate surface area is 138 Å². The molecular formula is C21H30Si. The van der Waals surface area contributed by atoms with E-state index in [-0.39, 0.29) is 5.41 Å². The molecule has 0 aliphatic heterocycles. The SMILES string of the molecule is CC1(C)[C](/C=C/[Si](C)(C)C)C2CCCC2[C]1c1ccccc1. The fraction of sp³-hybridized carbons (Fsp3) is 0.524. The number of hydrogen-bond donors (Lipinski definition) is 0. The maximum Gasteiger partial charge on any atom is 0.0683 e. The van der Waals surface area contributed by atoms with Crippen molar-refractivity contribution in [3.05, 3.63) is 59.5 Å². The van der Waals surface area contributed by atoms with E-state index in [2.05, 4.69) is 75.6 Å². The Morgan fingerprint density at radius 3 is 2.27 bits per heavy atom. The third-order valence-electron chi connectivity index (χ3n) is 5.53. The highest BCUT2D eigenvalue weighted by molar-refractivity contribution is 6.81. The van der Waals surface area contributed by atoms with Gasteiger partial charge >= 0.3 is 0 Å². The smallest absolute Gasteiger partial charge is 0.0683 e. The van der Waals surface area contributed by atoms with Crippen LogP contribution in [0.3, 0.4) is 0 Å². The van der Waals surface area contributed by atoms with Gasteiger partial charge in [-0.25, -0.2) is 0 Å². The molecular weight excluding hydrogens is 280 g/mol. The Bertz CT molecular complexity index is 535. The van der Waals surface area contributed by atoms with E-state index in [9.17, 15) is 0 Å². The van der Waals surface area contributed by atoms with E-state index in [1.807, 2.05) is 0 Å². The summed E-state index contributed by atoms with van der Waals surface area (Å²) in [6, 6.07) is 11.2. The van der Waals surface area contributed by atoms with Crippen LogP contribution in [0.15, 0.2) is 42.1 Å². The maximum absolute atomic E-state index is 2.55. The average Bonchev–Trinajstić information content (AvgIpc) is 2.94. The van der Waals surface area contributed by atoms with Crippen molar-refractivity contribution >= 4 is 8.07 Å². The molecule has 2 unspecified atom stereocenters. The van der Waals surface area contributed by atoms with Crippen LogP contribution in [0.4, 0.5) is 0 Å². The topological polar surface area (TPSA) is 0 Å². The van der Waals surface area contributed by atoms with Crippen LogP contribution in [0.5, 0.6) is 0 Å². The summed E-state index contributed by atoms with van der Waals surface area (Å²) in [5, 5.41) is 0. The highest BCUT2D eigenvalue weighted by atomic mass is 28.3. The largest absolute Gasteiger partial charge is 0.0983 e. The molecule has 0 saturated heterocycles. The Hall–Kier alpha value is -0.823. The average molecular weight is 311 g/mol. The van der Waals surface area contributed by atoms with Crippen molar-refractivity contribution in [2.24, 2.45) is 17.3 Å². The zero-order chi connectivity index (χ0) is 16.0. The van der Waals surface area contributed by atoms with E-state index in [0.717, 1.165) is 11.8 Å². The molecule has 0 N–H and O–H groups in total. The summed E-state index contributed by atoms with van der Waals surface area (Å²) in [7, 11) is -1.14. The summed E-state index contributed by atoms with van der Waals surface area (Å²) in [6.07, 6.45) is 6.69. The number of fused-ring (bicyclic) bond motifs is 1. The molecule has 1 heteroatoms. The molecule has 1 aromatic carbocycles. The van der Waals surface area contributed by atoms with E-state index in [0.29, 0.717) is 0 Å². The van der Waals surface area contributed by atoms with Gasteiger partial charge in [-0.2, -0.15) is 0 Å². The second-order valence-electron chi connectivity index (χ2n) is 8.70. The van der Waals surface area contributed by atoms with Crippen LogP contribution in [-0.2, 0) is 0 Å². The van der Waals surface area contributed by atoms with Gasteiger partial charge in [-0.15, -0.1) is 0 Å². The lowest BCUT2D eigenvalue weighted by Crippen LogP contribution is -2.26. The maximum atomic E-state index is 2.55. The summed E-state index contributed by atoms with van der Waals surface area (Å²) >= 11 is 0. The van der Waals surface area contributed by atoms with Crippen LogP contribution in [0, 0.1) is 29.1 Å². The van der Waals surface area contributed by atoms with Crippen molar-refractivity contribution < 1.29 is 0 Å². The first-order valence-corrected chi connectivity index (χ1v) is 12.4. The summed E-state index contributed by atoms with van der Waals surface area (Å²) in [6.45, 7) is 12.2. The van der Waals surface area contributed by atoms with Gasteiger partial charge in [0.1, 0.15) is 0 Å². The molecule has 2 radical (unpaired) electrons. The third kappa shape index (κ3) is 2.85. The van der Waals surface area contributed by atoms with Crippen molar-refractivity contribution in [1.82, 2.24) is 0 Å². The van der Waals surface area contributed by atoms with Crippen molar-refractivity contribution in [3.8, 4) is 0 Å². The lowest BCUT2D eigenvalue weighted by atomic mass is 9.70. The van der Waals surface area contributed by atoms with Gasteiger partial charge in [0.2, 0.25) is 0 Å². The highest BCUT2D eigenvalue weighted by Gasteiger charge is 2.56. The van der Waals surface area contributed by atoms with Gasteiger partial charge in [0, 0.05) is 11.8 Å². The number of benzene rings is 1. The zero-order valence-electron chi connectivity index (χ0n) is 14.8. The monoisotopic (exact) mass is 310 g/mol. The molecule has 0 aromatic heterocycles. The van der Waals surface area contributed by atoms with Crippen LogP contribution in [-0.4, -0.2) is 8.07 Å². The fourth-order valence-corrected chi connectivity index (χ4v) is 5.30. The summed E-state index contributed by atoms with van der Waals surface area (Å²) in [5.41, 5.74) is 4.24. The van der Waals surface area contributed by atoms with Crippen LogP contribution in [0.2, 0.25) is 19.6 Å². The van der Waals surface area contributed by atoms with E-state index in [1.165, 1.54) is 24.8 Å². The first kappa shape index (κ1) is 16.0. The quantitative estimate of drug-likeness (QED) is 0.594. The molecule has 2 aliphatic rings. The Kier molecular flexibility index (Phi) is 4.14. The Balaban J connectivity index is 1.97. The summed E-state index contributed by atoms with van der Waals surface area (Å²) in [5.74, 6) is 4.97. The molecule has 22 heavy (non-hydrogen) atoms. The number of allylic oxidation sites excluding steroid dienone is 1. The standard InChI is InChI=1S/C21H30Si/c1-21(2)19(14-15-22(3,4)5)17-12-9-13-18(17)20(21)16-10-7-6-8-11-16/h6-8,10-11,14-15,17-18H,9,12-13H2,1-5H3/b15-14+. The molecule has 118 valence electrons. The molecule has 0 heterocycles. The molecule has 2 fully saturated rings. The Morgan fingerprint density at radius 2 is 1.64 bits per heavy atom. The fourth-order valence-electron chi connectivity index (χ4n) is 4.62. The molecule has 2 saturated carbocycles. The minimum Gasteiger partial charge on any atom is -0.0983 e. The summed E-state index contributed by atoms with van der Waals surface area (Å²) < 4.78 is 0. The predicted octanol–water partition coefficient (Wildman–Crippen LogP) is 6.07. The van der Waals surface area contributed by atoms with Gasteiger partial charge in [0.25, 0.3) is 0 Å². The molecule has 3 rings (SSSR count). The van der Waals surface area contributed by atoms with Gasteiger partial charge in [-0.1, -0.05) is 82.0 Å². The van der Waals surface area contributed by atoms with Gasteiger partial charge in [0.05, 0.1) is 8.07 Å². The van der Waals surface area contributed by atoms with Gasteiger partial charge in [0.15, 0.2) is 0 Å². The molecule has 0 nitrogen and oxygen atoms in total. The van der Waals surface area contributed by atoms with Crippen molar-refractivity contribution in [2.75, 3.05) is 0 Å². The van der Waals surface area contributed by atoms with Gasteiger partial charge in [-0.05, 0) is 35.7 Å². The van der Waals surface area contributed by atoms with E-state index < -0.39 is 8.07 Å². The van der Waals surface area contributed by atoms with Gasteiger partial charge < -0.3 is 0 Å². The molecule has 2 aliphatic carbocycles. The Morgan fingerprint density at radius 1 is 1.00 bits per heavy atom. The molecule has 0 amide bonds. The zero-order valence-corrected chi connectivity index (χ0v) is 15.8. The lowest BCUT2D eigenvalue weighted by molar-refractivity contribution is 0.441. The predicted molar refractivity (Wildman–Crippen MR) is 99.1 cm³/mol. The second kappa shape index (κ2) is 5.67. The highest BCUT2D eigenvalue weighted by Crippen LogP contribution is 2.64. The van der Waals surface area contributed by atoms with Crippen LogP contribution >= 0.6 is 0 Å². The molecule has 1 aromatic rings. The number of rotatable bonds is 3. The normalized spacial score (nSPS) is 29.3. The first-order chi connectivity index (χ1) is 10.3.